The molecule has 0 saturated carbocycles. The Balaban J connectivity index is 1.43. The molecule has 80 heavy (non-hydrogen) atoms. The predicted molar refractivity (Wildman–Crippen MR) is 297 cm³/mol. The Morgan fingerprint density at radius 1 is 0.338 bits per heavy atom. The van der Waals surface area contributed by atoms with E-state index in [9.17, 15) is 57.4 Å². The highest BCUT2D eigenvalue weighted by Crippen LogP contribution is 2.59. The van der Waals surface area contributed by atoms with E-state index in [-0.39, 0.29) is 128 Å². The summed E-state index contributed by atoms with van der Waals surface area (Å²) in [5.74, 6) is -0.548. The van der Waals surface area contributed by atoms with E-state index in [2.05, 4.69) is 0 Å². The summed E-state index contributed by atoms with van der Waals surface area (Å²) in [6.45, 7) is -2.97. The van der Waals surface area contributed by atoms with Crippen molar-refractivity contribution >= 4 is 81.8 Å². The van der Waals surface area contributed by atoms with Gasteiger partial charge in [0.1, 0.15) is 46.0 Å². The maximum Gasteiger partial charge on any atom is 0.469 e. The van der Waals surface area contributed by atoms with Crippen molar-refractivity contribution in [2.75, 3.05) is 53.6 Å². The molecule has 5 aliphatic rings. The molecule has 0 atom stereocenters. The number of hydrogen-bond donors (Lipinski definition) is 12. The highest BCUT2D eigenvalue weighted by Gasteiger charge is 2.41. The van der Waals surface area contributed by atoms with Crippen LogP contribution >= 0.6 is 81.8 Å². The fourth-order valence-corrected chi connectivity index (χ4v) is 14.0. The molecule has 4 aromatic carbocycles. The number of thiol groups is 4. The van der Waals surface area contributed by atoms with Crippen LogP contribution in [-0.4, -0.2) is 92.7 Å². The van der Waals surface area contributed by atoms with Gasteiger partial charge in [-0.3, -0.25) is 18.1 Å². The third-order valence-electron chi connectivity index (χ3n) is 14.4. The lowest BCUT2D eigenvalue weighted by Crippen LogP contribution is -2.25. The normalized spacial score (nSPS) is 19.1. The Bertz CT molecular complexity index is 2630. The minimum atomic E-state index is -4.93. The zero-order valence-corrected chi connectivity index (χ0v) is 49.6. The van der Waals surface area contributed by atoms with Crippen LogP contribution in [0.4, 0.5) is 0 Å². The molecule has 0 aromatic heterocycles. The second kappa shape index (κ2) is 25.8. The summed E-state index contributed by atoms with van der Waals surface area (Å²) in [6, 6.07) is 7.63. The Labute approximate surface area is 481 Å². The van der Waals surface area contributed by atoms with E-state index in [1.54, 1.807) is 0 Å². The van der Waals surface area contributed by atoms with E-state index in [0.29, 0.717) is 113 Å². The Kier molecular flexibility index (Phi) is 19.9. The van der Waals surface area contributed by atoms with Gasteiger partial charge in [0.05, 0.1) is 26.4 Å². The van der Waals surface area contributed by atoms with Crippen LogP contribution in [0.1, 0.15) is 142 Å². The zero-order chi connectivity index (χ0) is 57.3. The van der Waals surface area contributed by atoms with Gasteiger partial charge in [-0.2, -0.15) is 50.5 Å². The molecule has 1 aliphatic carbocycles. The van der Waals surface area contributed by atoms with Crippen molar-refractivity contribution in [1.82, 2.24) is 0 Å². The average Bonchev–Trinajstić information content (AvgIpc) is 3.36. The first-order valence-electron chi connectivity index (χ1n) is 25.1. The van der Waals surface area contributed by atoms with Gasteiger partial charge >= 0.3 is 31.3 Å². The summed E-state index contributed by atoms with van der Waals surface area (Å²) >= 11 is 19.4. The van der Waals surface area contributed by atoms with Crippen molar-refractivity contribution in [2.24, 2.45) is 0 Å². The van der Waals surface area contributed by atoms with Gasteiger partial charge in [0.2, 0.25) is 27.2 Å². The molecule has 0 amide bonds. The summed E-state index contributed by atoms with van der Waals surface area (Å²) in [4.78, 5) is 78.5. The molecule has 4 aliphatic heterocycles. The molecule has 24 nitrogen and oxygen atoms in total. The number of hydrogen-bond acceptors (Lipinski definition) is 20. The summed E-state index contributed by atoms with van der Waals surface area (Å²) < 4.78 is 121. The number of ether oxygens (including phenoxy) is 8. The van der Waals surface area contributed by atoms with Gasteiger partial charge in [-0.25, -0.2) is 18.3 Å². The van der Waals surface area contributed by atoms with Crippen LogP contribution in [0.5, 0.6) is 46.0 Å². The SMILES string of the molecule is O=P(O)(O)OCCCC1c2cc3c4c(CS)c2OCOc2c1cc1c(c2CS)OCOc2c(cc5c(c2CS)OCOc2c(cc(c(c2CS)OCO4)C3CCCOP(=O)(O)O)C5CCCOP(=O)(O)O)C1CCCOP(=O)(O)O. The van der Waals surface area contributed by atoms with E-state index < -0.39 is 55.0 Å². The average molecular weight is 1270 g/mol. The molecule has 0 saturated heterocycles. The summed E-state index contributed by atoms with van der Waals surface area (Å²) in [6.07, 6.45) is 0.830. The molecule has 0 radical (unpaired) electrons. The van der Waals surface area contributed by atoms with E-state index in [4.69, 9.17) is 107 Å². The molecule has 440 valence electrons. The van der Waals surface area contributed by atoms with Gasteiger partial charge in [0.15, 0.2) is 0 Å². The van der Waals surface area contributed by atoms with Gasteiger partial charge in [0, 0.05) is 113 Å². The minimum Gasteiger partial charge on any atom is -0.457 e. The fraction of sp³-hybridized carbons (Fsp3) is 0.500. The van der Waals surface area contributed by atoms with Crippen LogP contribution in [0.15, 0.2) is 24.3 Å². The lowest BCUT2D eigenvalue weighted by Gasteiger charge is -2.37. The van der Waals surface area contributed by atoms with E-state index in [1.165, 1.54) is 0 Å². The number of benzene rings is 4. The fourth-order valence-electron chi connectivity index (χ4n) is 11.4. The van der Waals surface area contributed by atoms with E-state index >= 15 is 0 Å². The molecule has 8 bridgehead atoms. The molecule has 0 spiro atoms. The van der Waals surface area contributed by atoms with Gasteiger partial charge < -0.3 is 77.0 Å². The van der Waals surface area contributed by atoms with Crippen molar-refractivity contribution in [2.45, 2.75) is 98.0 Å². The van der Waals surface area contributed by atoms with E-state index in [0.717, 1.165) is 0 Å². The third-order valence-corrected chi connectivity index (χ3v) is 17.7. The largest absolute Gasteiger partial charge is 0.469 e. The second-order valence-corrected chi connectivity index (χ2v) is 25.3. The van der Waals surface area contributed by atoms with E-state index in [1.807, 2.05) is 24.3 Å². The molecule has 0 unspecified atom stereocenters. The maximum atomic E-state index is 12.1. The standard InChI is InChI=1S/C48H60O24P4S4/c49-73(50,51)69-9-1-5-25-29-13-31-26(6-2-10-70-74(52,53)54)33-15-35-28(8-4-12-72-76(58,59)60)36-16-34-27(7-3-11-71-75(55,56)57)32-14-30(25)42-38(18-78)44(32)64-23-66-46(34)40(20-80)48(36)68-24-67-47(35)39(19-79)45(33)65-22-63-43(31)37(17-77)41(29)61-21-62-42/h13-16,25-28,77-80H,1-12,17-24H2,(H2,49,50,51)(H2,52,53,54)(H2,55,56,57)(H2,58,59,60). The van der Waals surface area contributed by atoms with Gasteiger partial charge in [-0.15, -0.1) is 0 Å². The smallest absolute Gasteiger partial charge is 0.457 e. The summed E-state index contributed by atoms with van der Waals surface area (Å²) in [5, 5.41) is 0. The van der Waals surface area contributed by atoms with Crippen molar-refractivity contribution in [3.8, 4) is 46.0 Å². The van der Waals surface area contributed by atoms with Gasteiger partial charge in [-0.1, -0.05) is 0 Å². The topological polar surface area (TPSA) is 341 Å². The summed E-state index contributed by atoms with van der Waals surface area (Å²) in [5.41, 5.74) is 6.33. The van der Waals surface area contributed by atoms with Crippen molar-refractivity contribution in [1.29, 1.82) is 0 Å². The van der Waals surface area contributed by atoms with Gasteiger partial charge in [-0.05, 0) is 75.6 Å². The Morgan fingerprint density at radius 2 is 0.500 bits per heavy atom. The van der Waals surface area contributed by atoms with Gasteiger partial charge in [0.25, 0.3) is 0 Å². The number of rotatable bonds is 24. The number of phosphoric acid groups is 4. The van der Waals surface area contributed by atoms with Crippen molar-refractivity contribution < 1.29 is 113 Å². The minimum absolute atomic E-state index is 0.0122. The maximum absolute atomic E-state index is 12.1. The van der Waals surface area contributed by atoms with Crippen LogP contribution in [0.3, 0.4) is 0 Å². The molecule has 4 aromatic rings. The Morgan fingerprint density at radius 3 is 0.637 bits per heavy atom. The zero-order valence-electron chi connectivity index (χ0n) is 42.4. The molecule has 0 fully saturated rings. The highest BCUT2D eigenvalue weighted by atomic mass is 32.1. The Hall–Kier alpha value is -2.88. The van der Waals surface area contributed by atoms with Crippen LogP contribution in [0.25, 0.3) is 0 Å². The van der Waals surface area contributed by atoms with Crippen LogP contribution in [-0.2, 0) is 59.4 Å². The lowest BCUT2D eigenvalue weighted by molar-refractivity contribution is 0.0949. The quantitative estimate of drug-likeness (QED) is 0.0177. The molecular weight excluding hydrogens is 1210 g/mol. The molecular formula is C48H60O24P4S4. The molecule has 32 heteroatoms. The van der Waals surface area contributed by atoms with Crippen molar-refractivity contribution in [3.63, 3.8) is 0 Å². The predicted octanol–water partition coefficient (Wildman–Crippen LogP) is 8.72. The van der Waals surface area contributed by atoms with Crippen LogP contribution < -0.4 is 37.9 Å². The molecule has 8 N–H and O–H groups in total. The first-order chi connectivity index (χ1) is 38.0. The first-order valence-corrected chi connectivity index (χ1v) is 33.7. The lowest BCUT2D eigenvalue weighted by atomic mass is 9.74. The second-order valence-electron chi connectivity index (χ2n) is 19.1. The van der Waals surface area contributed by atoms with Crippen LogP contribution in [0.2, 0.25) is 0 Å². The first kappa shape index (κ1) is 61.7. The third kappa shape index (κ3) is 13.8. The monoisotopic (exact) mass is 1270 g/mol. The van der Waals surface area contributed by atoms with Crippen LogP contribution in [0, 0.1) is 0 Å². The highest BCUT2D eigenvalue weighted by molar-refractivity contribution is 7.79. The summed E-state index contributed by atoms with van der Waals surface area (Å²) in [7, 11) is -19.7. The number of phosphoric ester groups is 4. The molecule has 9 rings (SSSR count). The molecule has 4 heterocycles. The van der Waals surface area contributed by atoms with Crippen molar-refractivity contribution in [3.05, 3.63) is 91.0 Å².